The van der Waals surface area contributed by atoms with Gasteiger partial charge < -0.3 is 10.6 Å². The molecule has 2 N–H and O–H groups in total. The maximum absolute atomic E-state index is 13.1. The van der Waals surface area contributed by atoms with Crippen LogP contribution in [-0.4, -0.2) is 17.4 Å². The van der Waals surface area contributed by atoms with E-state index in [-0.39, 0.29) is 18.3 Å². The van der Waals surface area contributed by atoms with Gasteiger partial charge in [-0.05, 0) is 53.6 Å². The quantitative estimate of drug-likeness (QED) is 0.491. The van der Waals surface area contributed by atoms with Crippen LogP contribution in [0, 0.1) is 17.1 Å². The van der Waals surface area contributed by atoms with E-state index in [2.05, 4.69) is 21.7 Å². The Morgan fingerprint density at radius 3 is 2.69 bits per heavy atom. The number of carbonyl (C=O) groups is 1. The first-order valence-electron chi connectivity index (χ1n) is 8.81. The average Bonchev–Trinajstić information content (AvgIpc) is 3.14. The van der Waals surface area contributed by atoms with E-state index in [1.807, 2.05) is 24.3 Å². The molecule has 0 aliphatic rings. The fraction of sp³-hybridized carbons (Fsp3) is 0.0455. The number of thiazole rings is 1. The van der Waals surface area contributed by atoms with Crippen molar-refractivity contribution in [3.63, 3.8) is 0 Å². The van der Waals surface area contributed by atoms with E-state index < -0.39 is 0 Å². The van der Waals surface area contributed by atoms with Gasteiger partial charge in [0.1, 0.15) is 5.82 Å². The number of benzene rings is 3. The van der Waals surface area contributed by atoms with Gasteiger partial charge in [-0.3, -0.25) is 4.79 Å². The van der Waals surface area contributed by atoms with Crippen molar-refractivity contribution in [3.8, 4) is 17.2 Å². The zero-order chi connectivity index (χ0) is 20.2. The van der Waals surface area contributed by atoms with Crippen LogP contribution >= 0.6 is 11.3 Å². The summed E-state index contributed by atoms with van der Waals surface area (Å²) in [6.07, 6.45) is 0. The van der Waals surface area contributed by atoms with E-state index in [0.717, 1.165) is 27.0 Å². The molecule has 0 fully saturated rings. The molecule has 1 heterocycles. The molecule has 142 valence electrons. The third-order valence-corrected chi connectivity index (χ3v) is 5.19. The van der Waals surface area contributed by atoms with Gasteiger partial charge in [-0.2, -0.15) is 5.26 Å². The molecule has 0 aliphatic carbocycles. The highest BCUT2D eigenvalue weighted by atomic mass is 32.1. The molecule has 0 saturated heterocycles. The zero-order valence-electron chi connectivity index (χ0n) is 15.1. The molecule has 0 unspecified atom stereocenters. The van der Waals surface area contributed by atoms with Crippen LogP contribution in [0.15, 0.2) is 66.7 Å². The first kappa shape index (κ1) is 18.6. The maximum Gasteiger partial charge on any atom is 0.245 e. The summed E-state index contributed by atoms with van der Waals surface area (Å²) in [4.78, 5) is 16.6. The number of carbonyl (C=O) groups excluding carboxylic acids is 1. The lowest BCUT2D eigenvalue weighted by atomic mass is 10.1. The second-order valence-corrected chi connectivity index (χ2v) is 7.33. The van der Waals surface area contributed by atoms with Gasteiger partial charge in [0.15, 0.2) is 5.13 Å². The normalized spacial score (nSPS) is 10.5. The summed E-state index contributed by atoms with van der Waals surface area (Å²) in [7, 11) is 0. The van der Waals surface area contributed by atoms with E-state index >= 15 is 0 Å². The Balaban J connectivity index is 1.40. The Bertz CT molecular complexity index is 1230. The number of hydrogen-bond donors (Lipinski definition) is 2. The van der Waals surface area contributed by atoms with Gasteiger partial charge in [-0.1, -0.05) is 35.6 Å². The van der Waals surface area contributed by atoms with Gasteiger partial charge >= 0.3 is 0 Å². The van der Waals surface area contributed by atoms with Crippen LogP contribution < -0.4 is 10.6 Å². The third-order valence-electron chi connectivity index (χ3n) is 4.26. The lowest BCUT2D eigenvalue weighted by molar-refractivity contribution is -0.114. The minimum Gasteiger partial charge on any atom is -0.376 e. The number of nitriles is 1. The fourth-order valence-corrected chi connectivity index (χ4v) is 3.77. The van der Waals surface area contributed by atoms with Crippen LogP contribution in [0.3, 0.4) is 0 Å². The SMILES string of the molecule is N#Cc1ccc2nc(NC(=O)CNc3cccc(-c4ccc(F)cc4)c3)sc2c1. The Morgan fingerprint density at radius 1 is 1.07 bits per heavy atom. The molecule has 0 spiro atoms. The Hall–Kier alpha value is -3.76. The Morgan fingerprint density at radius 2 is 1.90 bits per heavy atom. The van der Waals surface area contributed by atoms with Crippen molar-refractivity contribution in [2.24, 2.45) is 0 Å². The summed E-state index contributed by atoms with van der Waals surface area (Å²) < 4.78 is 13.9. The molecular weight excluding hydrogens is 387 g/mol. The minimum atomic E-state index is -0.279. The van der Waals surface area contributed by atoms with Gasteiger partial charge in [0.2, 0.25) is 5.91 Å². The second-order valence-electron chi connectivity index (χ2n) is 6.30. The first-order chi connectivity index (χ1) is 14.1. The Kier molecular flexibility index (Phi) is 5.18. The fourth-order valence-electron chi connectivity index (χ4n) is 2.84. The molecule has 4 rings (SSSR count). The van der Waals surface area contributed by atoms with Gasteiger partial charge in [0.05, 0.1) is 28.4 Å². The number of halogens is 1. The van der Waals surface area contributed by atoms with Gasteiger partial charge in [-0.15, -0.1) is 0 Å². The van der Waals surface area contributed by atoms with E-state index in [1.54, 1.807) is 30.3 Å². The third kappa shape index (κ3) is 4.39. The lowest BCUT2D eigenvalue weighted by Crippen LogP contribution is -2.21. The molecule has 29 heavy (non-hydrogen) atoms. The summed E-state index contributed by atoms with van der Waals surface area (Å²) in [6, 6.07) is 21.1. The van der Waals surface area contributed by atoms with Gasteiger partial charge in [0.25, 0.3) is 0 Å². The highest BCUT2D eigenvalue weighted by Gasteiger charge is 2.09. The standard InChI is InChI=1S/C22H15FN4OS/c23-17-7-5-15(6-8-17)16-2-1-3-18(11-16)25-13-21(28)27-22-26-19-9-4-14(12-24)10-20(19)29-22/h1-11,25H,13H2,(H,26,27,28). The van der Waals surface area contributed by atoms with E-state index in [0.29, 0.717) is 10.7 Å². The molecular formula is C22H15FN4OS. The number of hydrogen-bond acceptors (Lipinski definition) is 5. The lowest BCUT2D eigenvalue weighted by Gasteiger charge is -2.08. The smallest absolute Gasteiger partial charge is 0.245 e. The molecule has 0 atom stereocenters. The molecule has 0 aliphatic heterocycles. The topological polar surface area (TPSA) is 77.8 Å². The van der Waals surface area contributed by atoms with Crippen molar-refractivity contribution < 1.29 is 9.18 Å². The number of rotatable bonds is 5. The summed E-state index contributed by atoms with van der Waals surface area (Å²) in [5.41, 5.74) is 3.90. The predicted molar refractivity (Wildman–Crippen MR) is 113 cm³/mol. The van der Waals surface area contributed by atoms with Crippen LogP contribution in [0.2, 0.25) is 0 Å². The molecule has 0 saturated carbocycles. The number of nitrogens with zero attached hydrogens (tertiary/aromatic N) is 2. The Labute approximate surface area is 170 Å². The molecule has 4 aromatic rings. The monoisotopic (exact) mass is 402 g/mol. The molecule has 0 bridgehead atoms. The van der Waals surface area contributed by atoms with Crippen molar-refractivity contribution in [1.29, 1.82) is 5.26 Å². The van der Waals surface area contributed by atoms with Crippen molar-refractivity contribution >= 4 is 38.3 Å². The minimum absolute atomic E-state index is 0.0756. The number of fused-ring (bicyclic) bond motifs is 1. The van der Waals surface area contributed by atoms with Crippen molar-refractivity contribution in [3.05, 3.63) is 78.1 Å². The molecule has 5 nitrogen and oxygen atoms in total. The van der Waals surface area contributed by atoms with Gasteiger partial charge in [0, 0.05) is 5.69 Å². The number of amides is 1. The summed E-state index contributed by atoms with van der Waals surface area (Å²) in [5.74, 6) is -0.504. The van der Waals surface area contributed by atoms with Gasteiger partial charge in [-0.25, -0.2) is 9.37 Å². The van der Waals surface area contributed by atoms with Crippen molar-refractivity contribution in [2.45, 2.75) is 0 Å². The average molecular weight is 402 g/mol. The molecule has 1 amide bonds. The summed E-state index contributed by atoms with van der Waals surface area (Å²) >= 11 is 1.33. The maximum atomic E-state index is 13.1. The summed E-state index contributed by atoms with van der Waals surface area (Å²) in [6.45, 7) is 0.0756. The van der Waals surface area contributed by atoms with Crippen molar-refractivity contribution in [1.82, 2.24) is 4.98 Å². The summed E-state index contributed by atoms with van der Waals surface area (Å²) in [5, 5.41) is 15.3. The number of aromatic nitrogens is 1. The number of anilines is 2. The van der Waals surface area contributed by atoms with Crippen LogP contribution in [0.5, 0.6) is 0 Å². The molecule has 0 radical (unpaired) electrons. The van der Waals surface area contributed by atoms with Crippen molar-refractivity contribution in [2.75, 3.05) is 17.2 Å². The second kappa shape index (κ2) is 8.09. The van der Waals surface area contributed by atoms with E-state index in [9.17, 15) is 9.18 Å². The first-order valence-corrected chi connectivity index (χ1v) is 9.63. The van der Waals surface area contributed by atoms with Crippen LogP contribution in [0.25, 0.3) is 21.3 Å². The zero-order valence-corrected chi connectivity index (χ0v) is 16.0. The van der Waals surface area contributed by atoms with Crippen LogP contribution in [0.4, 0.5) is 15.2 Å². The van der Waals surface area contributed by atoms with E-state index in [1.165, 1.54) is 23.5 Å². The number of nitrogens with one attached hydrogen (secondary N) is 2. The van der Waals surface area contributed by atoms with Crippen LogP contribution in [0.1, 0.15) is 5.56 Å². The predicted octanol–water partition coefficient (Wildman–Crippen LogP) is 5.02. The molecule has 1 aromatic heterocycles. The van der Waals surface area contributed by atoms with Crippen LogP contribution in [-0.2, 0) is 4.79 Å². The molecule has 7 heteroatoms. The highest BCUT2D eigenvalue weighted by Crippen LogP contribution is 2.27. The highest BCUT2D eigenvalue weighted by molar-refractivity contribution is 7.22. The van der Waals surface area contributed by atoms with E-state index in [4.69, 9.17) is 5.26 Å². The largest absolute Gasteiger partial charge is 0.376 e. The molecule has 3 aromatic carbocycles.